The fourth-order valence-corrected chi connectivity index (χ4v) is 3.90. The van der Waals surface area contributed by atoms with Gasteiger partial charge in [0.2, 0.25) is 5.82 Å². The Bertz CT molecular complexity index is 1270. The first-order valence-corrected chi connectivity index (χ1v) is 9.98. The van der Waals surface area contributed by atoms with Gasteiger partial charge in [-0.1, -0.05) is 9.97 Å². The molecule has 0 atom stereocenters. The molecule has 1 aliphatic rings. The molecule has 1 fully saturated rings. The second kappa shape index (κ2) is 7.58. The third-order valence-corrected chi connectivity index (χ3v) is 5.44. The van der Waals surface area contributed by atoms with Crippen LogP contribution in [0.1, 0.15) is 5.82 Å². The Morgan fingerprint density at radius 1 is 1.13 bits per heavy atom. The average molecular weight is 409 g/mol. The molecule has 30 heavy (non-hydrogen) atoms. The van der Waals surface area contributed by atoms with E-state index in [1.165, 1.54) is 12.1 Å². The fraction of sp³-hybridized carbons (Fsp3) is 0.333. The van der Waals surface area contributed by atoms with Crippen molar-refractivity contribution in [1.82, 2.24) is 24.5 Å². The standard InChI is InChI=1S/C21H21FN6O2/c1-14-23-21-24-17-6-7-27(9-8-26-10-12-30-13-11-26)20(29)18(17)19(28(21)25-14)15-2-4-16(22)5-3-15/h2-7H,8-13H2,1H3/p+1. The van der Waals surface area contributed by atoms with Crippen molar-refractivity contribution in [3.63, 3.8) is 0 Å². The zero-order chi connectivity index (χ0) is 20.7. The van der Waals surface area contributed by atoms with Crippen LogP contribution >= 0.6 is 0 Å². The minimum Gasteiger partial charge on any atom is -0.379 e. The summed E-state index contributed by atoms with van der Waals surface area (Å²) in [5.74, 6) is 0.806. The van der Waals surface area contributed by atoms with E-state index in [9.17, 15) is 9.18 Å². The second-order valence-corrected chi connectivity index (χ2v) is 7.44. The van der Waals surface area contributed by atoms with Crippen LogP contribution in [-0.2, 0) is 11.3 Å². The first-order chi connectivity index (χ1) is 14.6. The molecule has 4 aromatic rings. The Labute approximate surface area is 171 Å². The number of ether oxygens (including phenoxy) is 1. The number of benzene rings is 1. The number of rotatable bonds is 4. The summed E-state index contributed by atoms with van der Waals surface area (Å²) in [7, 11) is 0. The van der Waals surface area contributed by atoms with Crippen molar-refractivity contribution >= 4 is 16.7 Å². The summed E-state index contributed by atoms with van der Waals surface area (Å²) in [6.07, 6.45) is 1.78. The van der Waals surface area contributed by atoms with E-state index in [1.807, 2.05) is 13.0 Å². The number of nitrogens with one attached hydrogen (secondary N) is 1. The number of halogens is 1. The molecule has 0 saturated carbocycles. The lowest BCUT2D eigenvalue weighted by molar-refractivity contribution is -0.567. The Kier molecular flexibility index (Phi) is 4.76. The summed E-state index contributed by atoms with van der Waals surface area (Å²) in [5.41, 5.74) is 1.77. The van der Waals surface area contributed by atoms with Crippen molar-refractivity contribution in [3.8, 4) is 11.3 Å². The highest BCUT2D eigenvalue weighted by Crippen LogP contribution is 2.22. The number of aromatic amines is 1. The third-order valence-electron chi connectivity index (χ3n) is 5.44. The van der Waals surface area contributed by atoms with E-state index in [1.54, 1.807) is 27.4 Å². The average Bonchev–Trinajstić information content (AvgIpc) is 3.13. The molecule has 5 rings (SSSR count). The zero-order valence-electron chi connectivity index (χ0n) is 16.6. The van der Waals surface area contributed by atoms with Crippen molar-refractivity contribution in [2.75, 3.05) is 32.8 Å². The molecule has 0 unspecified atom stereocenters. The van der Waals surface area contributed by atoms with Crippen LogP contribution in [0.4, 0.5) is 4.39 Å². The van der Waals surface area contributed by atoms with Gasteiger partial charge >= 0.3 is 5.78 Å². The summed E-state index contributed by atoms with van der Waals surface area (Å²) in [6.45, 7) is 6.35. The second-order valence-electron chi connectivity index (χ2n) is 7.44. The van der Waals surface area contributed by atoms with Crippen LogP contribution in [0.5, 0.6) is 0 Å². The SMILES string of the molecule is Cc1nc2nc3ccn(CCN4CCOCC4)c(=O)c3c(-c3ccc(F)cc3)[n+]2[nH]1. The van der Waals surface area contributed by atoms with Crippen molar-refractivity contribution in [1.29, 1.82) is 0 Å². The van der Waals surface area contributed by atoms with Gasteiger partial charge in [-0.25, -0.2) is 9.49 Å². The molecular formula is C21H22FN6O2+. The molecule has 0 radical (unpaired) electrons. The van der Waals surface area contributed by atoms with E-state index >= 15 is 0 Å². The molecule has 8 nitrogen and oxygen atoms in total. The van der Waals surface area contributed by atoms with Gasteiger partial charge in [-0.2, -0.15) is 0 Å². The first kappa shape index (κ1) is 18.8. The van der Waals surface area contributed by atoms with Gasteiger partial charge in [-0.3, -0.25) is 9.69 Å². The van der Waals surface area contributed by atoms with Crippen LogP contribution in [-0.4, -0.2) is 57.4 Å². The summed E-state index contributed by atoms with van der Waals surface area (Å²) in [6, 6.07) is 7.94. The molecule has 0 amide bonds. The van der Waals surface area contributed by atoms with Gasteiger partial charge in [0.1, 0.15) is 11.2 Å². The van der Waals surface area contributed by atoms with Crippen LogP contribution < -0.4 is 10.1 Å². The topological polar surface area (TPSA) is 80.1 Å². The van der Waals surface area contributed by atoms with Crippen LogP contribution in [0, 0.1) is 12.7 Å². The van der Waals surface area contributed by atoms with E-state index in [4.69, 9.17) is 4.74 Å². The lowest BCUT2D eigenvalue weighted by Gasteiger charge is -2.26. The van der Waals surface area contributed by atoms with Crippen LogP contribution in [0.25, 0.3) is 27.9 Å². The molecule has 154 valence electrons. The number of fused-ring (bicyclic) bond motifs is 2. The first-order valence-electron chi connectivity index (χ1n) is 9.98. The molecule has 9 heteroatoms. The summed E-state index contributed by atoms with van der Waals surface area (Å²) >= 11 is 0. The molecule has 0 spiro atoms. The number of aromatic nitrogens is 5. The quantitative estimate of drug-likeness (QED) is 0.514. The van der Waals surface area contributed by atoms with Gasteiger partial charge in [0.15, 0.2) is 11.2 Å². The van der Waals surface area contributed by atoms with E-state index < -0.39 is 0 Å². The Hall–Kier alpha value is -3.17. The lowest BCUT2D eigenvalue weighted by atomic mass is 10.1. The highest BCUT2D eigenvalue weighted by atomic mass is 19.1. The highest BCUT2D eigenvalue weighted by Gasteiger charge is 2.24. The monoisotopic (exact) mass is 409 g/mol. The highest BCUT2D eigenvalue weighted by molar-refractivity contribution is 5.90. The number of morpholine rings is 1. The van der Waals surface area contributed by atoms with Crippen molar-refractivity contribution in [2.45, 2.75) is 13.5 Å². The zero-order valence-corrected chi connectivity index (χ0v) is 16.6. The number of hydrogen-bond acceptors (Lipinski definition) is 5. The maximum absolute atomic E-state index is 13.5. The van der Waals surface area contributed by atoms with Gasteiger partial charge in [-0.05, 0) is 30.3 Å². The van der Waals surface area contributed by atoms with Gasteiger partial charge < -0.3 is 9.30 Å². The molecule has 1 aromatic carbocycles. The molecule has 4 heterocycles. The molecular weight excluding hydrogens is 387 g/mol. The molecule has 1 saturated heterocycles. The number of aryl methyl sites for hydroxylation is 1. The molecule has 1 aliphatic heterocycles. The Balaban J connectivity index is 1.67. The Morgan fingerprint density at radius 3 is 2.67 bits per heavy atom. The predicted octanol–water partition coefficient (Wildman–Crippen LogP) is 1.31. The Morgan fingerprint density at radius 2 is 1.90 bits per heavy atom. The molecule has 0 bridgehead atoms. The van der Waals surface area contributed by atoms with Crippen LogP contribution in [0.2, 0.25) is 0 Å². The van der Waals surface area contributed by atoms with E-state index in [2.05, 4.69) is 20.0 Å². The summed E-state index contributed by atoms with van der Waals surface area (Å²) < 4.78 is 22.3. The number of nitrogens with zero attached hydrogens (tertiary/aromatic N) is 5. The predicted molar refractivity (Wildman–Crippen MR) is 109 cm³/mol. The van der Waals surface area contributed by atoms with E-state index in [-0.39, 0.29) is 11.4 Å². The minimum atomic E-state index is -0.331. The normalized spacial score (nSPS) is 15.3. The molecule has 0 aliphatic carbocycles. The lowest BCUT2D eigenvalue weighted by Crippen LogP contribution is -2.39. The van der Waals surface area contributed by atoms with Crippen LogP contribution in [0.3, 0.4) is 0 Å². The largest absolute Gasteiger partial charge is 0.458 e. The van der Waals surface area contributed by atoms with Gasteiger partial charge in [0, 0.05) is 44.9 Å². The van der Waals surface area contributed by atoms with E-state index in [0.717, 1.165) is 32.8 Å². The van der Waals surface area contributed by atoms with E-state index in [0.29, 0.717) is 40.3 Å². The minimum absolute atomic E-state index is 0.130. The molecule has 3 aromatic heterocycles. The maximum atomic E-state index is 13.5. The van der Waals surface area contributed by atoms with Gasteiger partial charge in [0.05, 0.1) is 13.2 Å². The number of H-pyrrole nitrogens is 1. The van der Waals surface area contributed by atoms with Crippen molar-refractivity contribution < 1.29 is 13.6 Å². The van der Waals surface area contributed by atoms with Gasteiger partial charge in [0.25, 0.3) is 5.56 Å². The summed E-state index contributed by atoms with van der Waals surface area (Å²) in [5, 5.41) is 3.62. The smallest absolute Gasteiger partial charge is 0.379 e. The van der Waals surface area contributed by atoms with Crippen LogP contribution in [0.15, 0.2) is 41.3 Å². The number of hydrogen-bond donors (Lipinski definition) is 1. The fourth-order valence-electron chi connectivity index (χ4n) is 3.90. The number of pyridine rings is 1. The third kappa shape index (κ3) is 3.35. The van der Waals surface area contributed by atoms with Crippen molar-refractivity contribution in [2.24, 2.45) is 0 Å². The van der Waals surface area contributed by atoms with Gasteiger partial charge in [-0.15, -0.1) is 4.52 Å². The molecule has 1 N–H and O–H groups in total. The maximum Gasteiger partial charge on any atom is 0.458 e. The summed E-state index contributed by atoms with van der Waals surface area (Å²) in [4.78, 5) is 24.7. The van der Waals surface area contributed by atoms with Crippen molar-refractivity contribution in [3.05, 3.63) is 58.5 Å².